The van der Waals surface area contributed by atoms with E-state index in [1.807, 2.05) is 6.92 Å². The quantitative estimate of drug-likeness (QED) is 0.774. The summed E-state index contributed by atoms with van der Waals surface area (Å²) in [5.74, 6) is -1.41. The molecule has 2 amide bonds. The predicted octanol–water partition coefficient (Wildman–Crippen LogP) is 3.29. The minimum absolute atomic E-state index is 0.362. The van der Waals surface area contributed by atoms with Crippen molar-refractivity contribution in [2.45, 2.75) is 19.0 Å². The van der Waals surface area contributed by atoms with Crippen LogP contribution >= 0.6 is 11.6 Å². The standard InChI is InChI=1S/C17H12ClFN4O2/c1-9-5-6-11(8-13(9)18)22-16(24)14-15(17(22)25)23(21-20-14)12-4-2-3-10(19)7-12/h2-8,14-15H,1H3/t14-,15+/m1/s1. The maximum absolute atomic E-state index is 13.5. The highest BCUT2D eigenvalue weighted by molar-refractivity contribution is 6.32. The second-order valence-corrected chi connectivity index (χ2v) is 6.27. The molecule has 4 rings (SSSR count). The number of benzene rings is 2. The van der Waals surface area contributed by atoms with Crippen molar-refractivity contribution in [2.24, 2.45) is 10.3 Å². The van der Waals surface area contributed by atoms with Gasteiger partial charge in [0.2, 0.25) is 0 Å². The maximum atomic E-state index is 13.5. The number of amides is 2. The molecule has 2 aliphatic rings. The number of carbonyl (C=O) groups is 2. The molecule has 0 saturated carbocycles. The fraction of sp³-hybridized carbons (Fsp3) is 0.176. The highest BCUT2D eigenvalue weighted by Crippen LogP contribution is 2.36. The summed E-state index contributed by atoms with van der Waals surface area (Å²) in [6.45, 7) is 1.83. The third-order valence-corrected chi connectivity index (χ3v) is 4.68. The molecule has 0 radical (unpaired) electrons. The molecule has 0 aliphatic carbocycles. The zero-order valence-electron chi connectivity index (χ0n) is 13.1. The Balaban J connectivity index is 1.71. The van der Waals surface area contributed by atoms with Gasteiger partial charge in [0.25, 0.3) is 11.8 Å². The highest BCUT2D eigenvalue weighted by atomic mass is 35.5. The zero-order chi connectivity index (χ0) is 17.7. The molecule has 0 unspecified atom stereocenters. The number of rotatable bonds is 2. The summed E-state index contributed by atoms with van der Waals surface area (Å²) in [6, 6.07) is 8.73. The van der Waals surface area contributed by atoms with Gasteiger partial charge in [-0.1, -0.05) is 29.0 Å². The summed E-state index contributed by atoms with van der Waals surface area (Å²) in [4.78, 5) is 26.6. The number of fused-ring (bicyclic) bond motifs is 1. The lowest BCUT2D eigenvalue weighted by Crippen LogP contribution is -2.39. The fourth-order valence-electron chi connectivity index (χ4n) is 2.97. The van der Waals surface area contributed by atoms with Gasteiger partial charge in [-0.25, -0.2) is 14.3 Å². The van der Waals surface area contributed by atoms with Gasteiger partial charge in [-0.15, -0.1) is 0 Å². The largest absolute Gasteiger partial charge is 0.271 e. The van der Waals surface area contributed by atoms with Crippen LogP contribution in [-0.2, 0) is 9.59 Å². The Bertz CT molecular complexity index is 933. The van der Waals surface area contributed by atoms with Crippen molar-refractivity contribution in [1.29, 1.82) is 0 Å². The second-order valence-electron chi connectivity index (χ2n) is 5.86. The number of hydrogen-bond donors (Lipinski definition) is 0. The van der Waals surface area contributed by atoms with Gasteiger partial charge in [-0.05, 0) is 42.8 Å². The van der Waals surface area contributed by atoms with E-state index in [9.17, 15) is 14.0 Å². The average Bonchev–Trinajstić information content (AvgIpc) is 3.12. The van der Waals surface area contributed by atoms with Crippen molar-refractivity contribution in [3.05, 3.63) is 58.9 Å². The van der Waals surface area contributed by atoms with E-state index in [2.05, 4.69) is 10.3 Å². The van der Waals surface area contributed by atoms with E-state index < -0.39 is 29.7 Å². The summed E-state index contributed by atoms with van der Waals surface area (Å²) in [6.07, 6.45) is 0. The van der Waals surface area contributed by atoms with Gasteiger partial charge in [-0.2, -0.15) is 5.11 Å². The first-order valence-corrected chi connectivity index (χ1v) is 7.95. The van der Waals surface area contributed by atoms with E-state index >= 15 is 0 Å². The second kappa shape index (κ2) is 5.63. The fourth-order valence-corrected chi connectivity index (χ4v) is 3.14. The van der Waals surface area contributed by atoms with Crippen LogP contribution in [0.4, 0.5) is 15.8 Å². The van der Waals surface area contributed by atoms with Crippen molar-refractivity contribution in [3.8, 4) is 0 Å². The molecule has 2 aromatic rings. The number of halogens is 2. The molecule has 0 bridgehead atoms. The van der Waals surface area contributed by atoms with Crippen LogP contribution in [0.1, 0.15) is 5.56 Å². The zero-order valence-corrected chi connectivity index (χ0v) is 13.8. The molecule has 2 aromatic carbocycles. The van der Waals surface area contributed by atoms with E-state index in [4.69, 9.17) is 11.6 Å². The summed E-state index contributed by atoms with van der Waals surface area (Å²) < 4.78 is 13.5. The maximum Gasteiger partial charge on any atom is 0.263 e. The molecular formula is C17H12ClFN4O2. The SMILES string of the molecule is Cc1ccc(N2C(=O)[C@@H]3[C@@H](N=NN3c3cccc(F)c3)C2=O)cc1Cl. The first kappa shape index (κ1) is 15.7. The van der Waals surface area contributed by atoms with Crippen LogP contribution in [0, 0.1) is 12.7 Å². The molecule has 25 heavy (non-hydrogen) atoms. The molecule has 8 heteroatoms. The van der Waals surface area contributed by atoms with Gasteiger partial charge in [0.05, 0.1) is 11.4 Å². The van der Waals surface area contributed by atoms with Crippen LogP contribution < -0.4 is 9.91 Å². The molecule has 2 heterocycles. The van der Waals surface area contributed by atoms with E-state index in [1.165, 1.54) is 23.2 Å². The number of aryl methyl sites for hydroxylation is 1. The van der Waals surface area contributed by atoms with Gasteiger partial charge in [-0.3, -0.25) is 9.59 Å². The topological polar surface area (TPSA) is 65.3 Å². The molecular weight excluding hydrogens is 347 g/mol. The smallest absolute Gasteiger partial charge is 0.263 e. The molecule has 6 nitrogen and oxygen atoms in total. The molecule has 1 fully saturated rings. The Kier molecular flexibility index (Phi) is 3.54. The van der Waals surface area contributed by atoms with Crippen molar-refractivity contribution in [1.82, 2.24) is 0 Å². The minimum atomic E-state index is -0.948. The van der Waals surface area contributed by atoms with Crippen LogP contribution in [0.25, 0.3) is 0 Å². The minimum Gasteiger partial charge on any atom is -0.271 e. The normalized spacial score (nSPS) is 22.0. The van der Waals surface area contributed by atoms with Gasteiger partial charge < -0.3 is 0 Å². The van der Waals surface area contributed by atoms with E-state index in [1.54, 1.807) is 24.3 Å². The van der Waals surface area contributed by atoms with Crippen LogP contribution in [0.3, 0.4) is 0 Å². The summed E-state index contributed by atoms with van der Waals surface area (Å²) >= 11 is 6.11. The Labute approximate surface area is 147 Å². The molecule has 1 saturated heterocycles. The monoisotopic (exact) mass is 358 g/mol. The highest BCUT2D eigenvalue weighted by Gasteiger charge is 2.55. The van der Waals surface area contributed by atoms with E-state index in [-0.39, 0.29) is 0 Å². The first-order chi connectivity index (χ1) is 12.0. The van der Waals surface area contributed by atoms with E-state index in [0.717, 1.165) is 10.5 Å². The number of nitrogens with zero attached hydrogens (tertiary/aromatic N) is 4. The Morgan fingerprint density at radius 1 is 1.08 bits per heavy atom. The third-order valence-electron chi connectivity index (χ3n) is 4.27. The van der Waals surface area contributed by atoms with E-state index in [0.29, 0.717) is 16.4 Å². The van der Waals surface area contributed by atoms with Gasteiger partial charge >= 0.3 is 0 Å². The lowest BCUT2D eigenvalue weighted by molar-refractivity contribution is -0.121. The lowest BCUT2D eigenvalue weighted by Gasteiger charge is -2.20. The molecule has 0 aromatic heterocycles. The van der Waals surface area contributed by atoms with Crippen LogP contribution in [0.2, 0.25) is 5.02 Å². The summed E-state index contributed by atoms with van der Waals surface area (Å²) in [5, 5.41) is 9.54. The molecule has 126 valence electrons. The third kappa shape index (κ3) is 2.39. The number of hydrogen-bond acceptors (Lipinski definition) is 5. The van der Waals surface area contributed by atoms with Crippen LogP contribution in [0.5, 0.6) is 0 Å². The van der Waals surface area contributed by atoms with Crippen molar-refractivity contribution < 1.29 is 14.0 Å². The average molecular weight is 359 g/mol. The van der Waals surface area contributed by atoms with Crippen molar-refractivity contribution in [3.63, 3.8) is 0 Å². The van der Waals surface area contributed by atoms with Crippen LogP contribution in [-0.4, -0.2) is 23.9 Å². The summed E-state index contributed by atoms with van der Waals surface area (Å²) in [7, 11) is 0. The molecule has 2 aliphatic heterocycles. The number of carbonyl (C=O) groups excluding carboxylic acids is 2. The van der Waals surface area contributed by atoms with Crippen molar-refractivity contribution in [2.75, 3.05) is 9.91 Å². The van der Waals surface area contributed by atoms with Gasteiger partial charge in [0.1, 0.15) is 5.82 Å². The van der Waals surface area contributed by atoms with Crippen LogP contribution in [0.15, 0.2) is 52.8 Å². The van der Waals surface area contributed by atoms with Crippen molar-refractivity contribution >= 4 is 34.8 Å². The summed E-state index contributed by atoms with van der Waals surface area (Å²) in [5.41, 5.74) is 1.58. The Hall–Kier alpha value is -2.80. The molecule has 0 spiro atoms. The first-order valence-electron chi connectivity index (χ1n) is 7.57. The predicted molar refractivity (Wildman–Crippen MR) is 90.0 cm³/mol. The number of anilines is 2. The van der Waals surface area contributed by atoms with Gasteiger partial charge in [0.15, 0.2) is 12.1 Å². The Morgan fingerprint density at radius 3 is 2.60 bits per heavy atom. The Morgan fingerprint density at radius 2 is 1.88 bits per heavy atom. The molecule has 0 N–H and O–H groups in total. The van der Waals surface area contributed by atoms with Gasteiger partial charge in [0, 0.05) is 5.02 Å². The lowest BCUT2D eigenvalue weighted by atomic mass is 10.1. The molecule has 2 atom stereocenters. The number of imide groups is 1.